The number of guanidine groups is 1. The Morgan fingerprint density at radius 3 is 2.90 bits per heavy atom. The molecule has 1 aliphatic heterocycles. The molecule has 0 saturated carbocycles. The Hall–Kier alpha value is -2.08. The molecule has 10 heteroatoms. The van der Waals surface area contributed by atoms with Crippen LogP contribution in [0.1, 0.15) is 41.1 Å². The zero-order valence-electron chi connectivity index (χ0n) is 17.8. The first-order valence-electron chi connectivity index (χ1n) is 10.0. The fourth-order valence-corrected chi connectivity index (χ4v) is 3.23. The average Bonchev–Trinajstić information content (AvgIpc) is 3.35. The van der Waals surface area contributed by atoms with Crippen LogP contribution in [0.4, 0.5) is 0 Å². The number of hydrogen-bond donors (Lipinski definition) is 2. The minimum absolute atomic E-state index is 0. The fourth-order valence-electron chi connectivity index (χ4n) is 3.23. The van der Waals surface area contributed by atoms with Crippen molar-refractivity contribution in [3.05, 3.63) is 41.6 Å². The summed E-state index contributed by atoms with van der Waals surface area (Å²) in [5, 5.41) is 10.5. The Morgan fingerprint density at radius 2 is 2.23 bits per heavy atom. The third-order valence-electron chi connectivity index (χ3n) is 4.75. The number of amides is 1. The molecule has 0 radical (unpaired) electrons. The monoisotopic (exact) mass is 530 g/mol. The molecule has 2 N–H and O–H groups in total. The van der Waals surface area contributed by atoms with E-state index in [-0.39, 0.29) is 36.0 Å². The topological polar surface area (TPSA) is 96.9 Å². The van der Waals surface area contributed by atoms with Gasteiger partial charge in [-0.15, -0.1) is 24.0 Å². The smallest absolute Gasteiger partial charge is 0.287 e. The van der Waals surface area contributed by atoms with Crippen LogP contribution in [0.2, 0.25) is 0 Å². The van der Waals surface area contributed by atoms with Gasteiger partial charge >= 0.3 is 0 Å². The first kappa shape index (κ1) is 24.2. The molecule has 2 aromatic rings. The third-order valence-corrected chi connectivity index (χ3v) is 4.75. The lowest BCUT2D eigenvalue weighted by atomic mass is 10.1. The largest absolute Gasteiger partial charge is 0.459 e. The highest BCUT2D eigenvalue weighted by Gasteiger charge is 2.25. The first-order chi connectivity index (χ1) is 14.1. The molecule has 2 aromatic heterocycles. The normalized spacial score (nSPS) is 16.8. The number of carbonyl (C=O) groups excluding carboxylic acids is 1. The molecular formula is C20H31IN6O3. The average molecular weight is 530 g/mol. The van der Waals surface area contributed by atoms with E-state index in [1.807, 2.05) is 26.4 Å². The standard InChI is InChI=1S/C20H30N6O3.HI/c1-4-21-20(23-8-5-7-22-19(27)18-15(2)6-10-29-18)26-9-11-28-17(14-26)16-12-24-25(3)13-16;/h6,10,12-13,17H,4-5,7-9,11,14H2,1-3H3,(H,21,23)(H,22,27);1H. The second kappa shape index (κ2) is 11.9. The Morgan fingerprint density at radius 1 is 1.40 bits per heavy atom. The van der Waals surface area contributed by atoms with Crippen molar-refractivity contribution in [3.8, 4) is 0 Å². The van der Waals surface area contributed by atoms with Crippen LogP contribution in [-0.4, -0.2) is 65.9 Å². The van der Waals surface area contributed by atoms with Crippen molar-refractivity contribution < 1.29 is 13.9 Å². The molecule has 1 fully saturated rings. The SMILES string of the molecule is CCNC(=NCCCNC(=O)c1occc1C)N1CCOC(c2cnn(C)c2)C1.I. The highest BCUT2D eigenvalue weighted by Crippen LogP contribution is 2.21. The Kier molecular flexibility index (Phi) is 9.63. The van der Waals surface area contributed by atoms with E-state index in [0.717, 1.165) is 43.1 Å². The van der Waals surface area contributed by atoms with E-state index in [0.29, 0.717) is 25.5 Å². The van der Waals surface area contributed by atoms with Crippen molar-refractivity contribution >= 4 is 35.8 Å². The number of morpholine rings is 1. The summed E-state index contributed by atoms with van der Waals surface area (Å²) in [6, 6.07) is 1.78. The van der Waals surface area contributed by atoms with E-state index < -0.39 is 0 Å². The molecule has 3 heterocycles. The zero-order valence-corrected chi connectivity index (χ0v) is 20.1. The van der Waals surface area contributed by atoms with Gasteiger partial charge in [0.05, 0.1) is 25.6 Å². The highest BCUT2D eigenvalue weighted by atomic mass is 127. The van der Waals surface area contributed by atoms with Crippen molar-refractivity contribution in [2.45, 2.75) is 26.4 Å². The summed E-state index contributed by atoms with van der Waals surface area (Å²) >= 11 is 0. The number of carbonyl (C=O) groups is 1. The van der Waals surface area contributed by atoms with Crippen molar-refractivity contribution in [1.29, 1.82) is 0 Å². The van der Waals surface area contributed by atoms with E-state index in [1.54, 1.807) is 10.7 Å². The van der Waals surface area contributed by atoms with E-state index in [1.165, 1.54) is 6.26 Å². The van der Waals surface area contributed by atoms with E-state index in [4.69, 9.17) is 14.1 Å². The minimum atomic E-state index is -0.184. The van der Waals surface area contributed by atoms with E-state index >= 15 is 0 Å². The number of furan rings is 1. The van der Waals surface area contributed by atoms with Gasteiger partial charge in [0.2, 0.25) is 0 Å². The maximum Gasteiger partial charge on any atom is 0.287 e. The molecule has 1 aliphatic rings. The molecule has 1 saturated heterocycles. The lowest BCUT2D eigenvalue weighted by Gasteiger charge is -2.34. The molecule has 1 atom stereocenters. The van der Waals surface area contributed by atoms with Crippen LogP contribution < -0.4 is 10.6 Å². The maximum absolute atomic E-state index is 12.1. The number of nitrogens with one attached hydrogen (secondary N) is 2. The molecule has 0 spiro atoms. The quantitative estimate of drug-likeness (QED) is 0.247. The Bertz CT molecular complexity index is 834. The molecule has 0 bridgehead atoms. The number of aliphatic imine (C=N–C) groups is 1. The van der Waals surface area contributed by atoms with Gasteiger partial charge in [-0.1, -0.05) is 0 Å². The summed E-state index contributed by atoms with van der Waals surface area (Å²) in [6.45, 7) is 8.03. The fraction of sp³-hybridized carbons (Fsp3) is 0.550. The van der Waals surface area contributed by atoms with Crippen LogP contribution in [-0.2, 0) is 11.8 Å². The van der Waals surface area contributed by atoms with Gasteiger partial charge in [0.15, 0.2) is 11.7 Å². The zero-order chi connectivity index (χ0) is 20.6. The second-order valence-corrected chi connectivity index (χ2v) is 7.03. The number of aryl methyl sites for hydroxylation is 2. The van der Waals surface area contributed by atoms with Gasteiger partial charge < -0.3 is 24.7 Å². The van der Waals surface area contributed by atoms with Crippen LogP contribution in [0.5, 0.6) is 0 Å². The summed E-state index contributed by atoms with van der Waals surface area (Å²) in [7, 11) is 1.90. The molecule has 3 rings (SSSR count). The lowest BCUT2D eigenvalue weighted by Crippen LogP contribution is -2.48. The Labute approximate surface area is 194 Å². The number of hydrogen-bond acceptors (Lipinski definition) is 5. The summed E-state index contributed by atoms with van der Waals surface area (Å²) in [5.41, 5.74) is 1.91. The number of halogens is 1. The predicted molar refractivity (Wildman–Crippen MR) is 125 cm³/mol. The number of aromatic nitrogens is 2. The molecule has 0 aliphatic carbocycles. The van der Waals surface area contributed by atoms with Crippen LogP contribution >= 0.6 is 24.0 Å². The van der Waals surface area contributed by atoms with Crippen LogP contribution in [0.15, 0.2) is 34.1 Å². The first-order valence-corrected chi connectivity index (χ1v) is 10.0. The number of ether oxygens (including phenoxy) is 1. The van der Waals surface area contributed by atoms with Gasteiger partial charge in [0, 0.05) is 50.6 Å². The van der Waals surface area contributed by atoms with Gasteiger partial charge in [0.1, 0.15) is 6.10 Å². The van der Waals surface area contributed by atoms with Crippen molar-refractivity contribution in [2.24, 2.45) is 12.0 Å². The van der Waals surface area contributed by atoms with Gasteiger partial charge in [-0.2, -0.15) is 5.10 Å². The predicted octanol–water partition coefficient (Wildman–Crippen LogP) is 2.10. The highest BCUT2D eigenvalue weighted by molar-refractivity contribution is 14.0. The lowest BCUT2D eigenvalue weighted by molar-refractivity contribution is -0.00804. The van der Waals surface area contributed by atoms with E-state index in [9.17, 15) is 4.79 Å². The number of nitrogens with zero attached hydrogens (tertiary/aromatic N) is 4. The third kappa shape index (κ3) is 6.46. The van der Waals surface area contributed by atoms with Crippen molar-refractivity contribution in [2.75, 3.05) is 39.3 Å². The Balaban J connectivity index is 0.00000320. The van der Waals surface area contributed by atoms with Crippen molar-refractivity contribution in [1.82, 2.24) is 25.3 Å². The summed E-state index contributed by atoms with van der Waals surface area (Å²) < 4.78 is 12.9. The molecule has 9 nitrogen and oxygen atoms in total. The van der Waals surface area contributed by atoms with Gasteiger partial charge in [-0.05, 0) is 26.3 Å². The molecular weight excluding hydrogens is 499 g/mol. The van der Waals surface area contributed by atoms with E-state index in [2.05, 4.69) is 27.6 Å². The molecule has 0 aromatic carbocycles. The maximum atomic E-state index is 12.1. The van der Waals surface area contributed by atoms with Crippen LogP contribution in [0.25, 0.3) is 0 Å². The summed E-state index contributed by atoms with van der Waals surface area (Å²) in [4.78, 5) is 19.0. The second-order valence-electron chi connectivity index (χ2n) is 7.03. The van der Waals surface area contributed by atoms with Gasteiger partial charge in [0.25, 0.3) is 5.91 Å². The summed E-state index contributed by atoms with van der Waals surface area (Å²) in [5.74, 6) is 1.06. The van der Waals surface area contributed by atoms with Gasteiger partial charge in [-0.25, -0.2) is 0 Å². The van der Waals surface area contributed by atoms with Crippen LogP contribution in [0, 0.1) is 6.92 Å². The van der Waals surface area contributed by atoms with Crippen molar-refractivity contribution in [3.63, 3.8) is 0 Å². The minimum Gasteiger partial charge on any atom is -0.459 e. The molecule has 1 unspecified atom stereocenters. The van der Waals surface area contributed by atoms with Crippen LogP contribution in [0.3, 0.4) is 0 Å². The summed E-state index contributed by atoms with van der Waals surface area (Å²) in [6.07, 6.45) is 6.09. The number of rotatable bonds is 7. The molecule has 166 valence electrons. The molecule has 30 heavy (non-hydrogen) atoms. The molecule has 1 amide bonds. The van der Waals surface area contributed by atoms with Gasteiger partial charge in [-0.3, -0.25) is 14.5 Å².